The summed E-state index contributed by atoms with van der Waals surface area (Å²) in [5.41, 5.74) is 0.502. The zero-order valence-electron chi connectivity index (χ0n) is 13.5. The monoisotopic (exact) mass is 330 g/mol. The molecule has 23 heavy (non-hydrogen) atoms. The summed E-state index contributed by atoms with van der Waals surface area (Å²) in [4.78, 5) is 13.5. The molecule has 1 heterocycles. The zero-order valence-corrected chi connectivity index (χ0v) is 13.5. The van der Waals surface area contributed by atoms with E-state index in [1.54, 1.807) is 0 Å². The van der Waals surface area contributed by atoms with Gasteiger partial charge in [0.15, 0.2) is 5.60 Å². The van der Waals surface area contributed by atoms with Crippen LogP contribution in [0.4, 0.5) is 18.9 Å². The second kappa shape index (κ2) is 6.49. The molecule has 7 heteroatoms. The number of nitrogens with zero attached hydrogens (tertiary/aromatic N) is 1. The van der Waals surface area contributed by atoms with Crippen molar-refractivity contribution >= 4 is 11.6 Å². The molecule has 1 aliphatic heterocycles. The Morgan fingerprint density at radius 3 is 2.39 bits per heavy atom. The highest BCUT2D eigenvalue weighted by molar-refractivity contribution is 5.92. The van der Waals surface area contributed by atoms with Gasteiger partial charge in [-0.25, -0.2) is 0 Å². The maximum atomic E-state index is 13.1. The van der Waals surface area contributed by atoms with E-state index in [4.69, 9.17) is 4.74 Å². The van der Waals surface area contributed by atoms with E-state index in [9.17, 15) is 18.0 Å². The van der Waals surface area contributed by atoms with E-state index < -0.39 is 11.8 Å². The fraction of sp³-hybridized carbons (Fsp3) is 0.562. The van der Waals surface area contributed by atoms with Gasteiger partial charge in [-0.1, -0.05) is 6.07 Å². The molecule has 0 spiro atoms. The number of carbonyl (C=O) groups excluding carboxylic acids is 1. The van der Waals surface area contributed by atoms with E-state index in [0.717, 1.165) is 18.2 Å². The first-order valence-corrected chi connectivity index (χ1v) is 7.37. The first-order valence-electron chi connectivity index (χ1n) is 7.37. The first kappa shape index (κ1) is 17.7. The molecule has 1 fully saturated rings. The van der Waals surface area contributed by atoms with Crippen molar-refractivity contribution in [1.82, 2.24) is 4.90 Å². The predicted molar refractivity (Wildman–Crippen MR) is 81.4 cm³/mol. The van der Waals surface area contributed by atoms with Crippen LogP contribution < -0.4 is 5.32 Å². The summed E-state index contributed by atoms with van der Waals surface area (Å²) < 4.78 is 44.1. The molecule has 0 aliphatic carbocycles. The van der Waals surface area contributed by atoms with Crippen molar-refractivity contribution in [2.75, 3.05) is 32.1 Å². The molecule has 0 radical (unpaired) electrons. The predicted octanol–water partition coefficient (Wildman–Crippen LogP) is 2.90. The summed E-state index contributed by atoms with van der Waals surface area (Å²) in [5.74, 6) is -0.330. The Labute approximate surface area is 133 Å². The number of amides is 1. The van der Waals surface area contributed by atoms with E-state index in [1.165, 1.54) is 4.90 Å². The molecular formula is C16H21F3N2O2. The number of ether oxygens (including phenoxy) is 1. The number of anilines is 1. The van der Waals surface area contributed by atoms with Crippen LogP contribution in [0.5, 0.6) is 0 Å². The lowest BCUT2D eigenvalue weighted by molar-refractivity contribution is -0.263. The van der Waals surface area contributed by atoms with Gasteiger partial charge in [-0.15, -0.1) is 0 Å². The third-order valence-corrected chi connectivity index (χ3v) is 4.09. The van der Waals surface area contributed by atoms with Crippen LogP contribution in [0.3, 0.4) is 0 Å². The number of rotatable bonds is 4. The smallest absolute Gasteiger partial charge is 0.367 e. The van der Waals surface area contributed by atoms with Crippen LogP contribution in [0.1, 0.15) is 17.5 Å². The number of nitrogens with one attached hydrogen (secondary N) is 1. The van der Waals surface area contributed by atoms with Gasteiger partial charge in [0, 0.05) is 25.9 Å². The molecule has 1 saturated heterocycles. The molecule has 128 valence electrons. The lowest BCUT2D eigenvalue weighted by Gasteiger charge is -2.30. The van der Waals surface area contributed by atoms with E-state index >= 15 is 0 Å². The second-order valence-electron chi connectivity index (χ2n) is 6.08. The number of hydrogen-bond acceptors (Lipinski definition) is 3. The third kappa shape index (κ3) is 4.03. The Balaban J connectivity index is 1.97. The van der Waals surface area contributed by atoms with Gasteiger partial charge in [0.1, 0.15) is 0 Å². The molecular weight excluding hydrogens is 309 g/mol. The van der Waals surface area contributed by atoms with Crippen molar-refractivity contribution in [2.45, 2.75) is 32.0 Å². The van der Waals surface area contributed by atoms with Crippen molar-refractivity contribution in [1.29, 1.82) is 0 Å². The Morgan fingerprint density at radius 1 is 1.30 bits per heavy atom. The lowest BCUT2D eigenvalue weighted by atomic mass is 10.0. The summed E-state index contributed by atoms with van der Waals surface area (Å²) >= 11 is 0. The Bertz CT molecular complexity index is 569. The van der Waals surface area contributed by atoms with Gasteiger partial charge < -0.3 is 10.1 Å². The summed E-state index contributed by atoms with van der Waals surface area (Å²) in [6.07, 6.45) is -4.61. The van der Waals surface area contributed by atoms with Gasteiger partial charge in [0.05, 0.1) is 6.54 Å². The minimum Gasteiger partial charge on any atom is -0.367 e. The Morgan fingerprint density at radius 2 is 1.91 bits per heavy atom. The highest BCUT2D eigenvalue weighted by Crippen LogP contribution is 2.40. The van der Waals surface area contributed by atoms with Gasteiger partial charge in [-0.05, 0) is 43.5 Å². The molecule has 1 amide bonds. The molecule has 0 aromatic heterocycles. The van der Waals surface area contributed by atoms with Gasteiger partial charge in [-0.2, -0.15) is 13.2 Å². The second-order valence-corrected chi connectivity index (χ2v) is 6.08. The van der Waals surface area contributed by atoms with E-state index in [0.29, 0.717) is 5.69 Å². The Hall–Kier alpha value is -1.60. The average Bonchev–Trinajstić information content (AvgIpc) is 2.81. The number of likely N-dealkylation sites (tertiary alicyclic amines) is 1. The third-order valence-electron chi connectivity index (χ3n) is 4.09. The van der Waals surface area contributed by atoms with Crippen molar-refractivity contribution in [2.24, 2.45) is 0 Å². The zero-order chi connectivity index (χ0) is 17.3. The van der Waals surface area contributed by atoms with E-state index in [1.807, 2.05) is 32.0 Å². The summed E-state index contributed by atoms with van der Waals surface area (Å²) in [6.45, 7) is 3.59. The molecule has 1 N–H and O–H groups in total. The molecule has 1 unspecified atom stereocenters. The van der Waals surface area contributed by atoms with Crippen LogP contribution in [0.15, 0.2) is 18.2 Å². The van der Waals surface area contributed by atoms with Gasteiger partial charge in [0.2, 0.25) is 5.91 Å². The first-order chi connectivity index (χ1) is 10.6. The van der Waals surface area contributed by atoms with Crippen LogP contribution in [0.2, 0.25) is 0 Å². The highest BCUT2D eigenvalue weighted by atomic mass is 19.4. The normalized spacial score (nSPS) is 22.3. The molecule has 4 nitrogen and oxygen atoms in total. The van der Waals surface area contributed by atoms with Crippen molar-refractivity contribution in [3.05, 3.63) is 29.3 Å². The van der Waals surface area contributed by atoms with Crippen molar-refractivity contribution in [3.8, 4) is 0 Å². The molecule has 1 aromatic carbocycles. The summed E-state index contributed by atoms with van der Waals surface area (Å²) in [7, 11) is 1.06. The number of hydrogen-bond donors (Lipinski definition) is 1. The molecule has 1 atom stereocenters. The van der Waals surface area contributed by atoms with Crippen molar-refractivity contribution < 1.29 is 22.7 Å². The number of benzene rings is 1. The van der Waals surface area contributed by atoms with E-state index in [2.05, 4.69) is 5.32 Å². The number of aryl methyl sites for hydroxylation is 2. The maximum Gasteiger partial charge on any atom is 0.418 e. The summed E-state index contributed by atoms with van der Waals surface area (Å²) in [6, 6.07) is 5.63. The molecule has 0 bridgehead atoms. The summed E-state index contributed by atoms with van der Waals surface area (Å²) in [5, 5.41) is 2.73. The number of methoxy groups -OCH3 is 1. The average molecular weight is 330 g/mol. The Kier molecular flexibility index (Phi) is 5.01. The fourth-order valence-electron chi connectivity index (χ4n) is 2.96. The minimum absolute atomic E-state index is 0.0891. The van der Waals surface area contributed by atoms with Gasteiger partial charge in [0.25, 0.3) is 0 Å². The van der Waals surface area contributed by atoms with Crippen LogP contribution >= 0.6 is 0 Å². The highest BCUT2D eigenvalue weighted by Gasteiger charge is 2.58. The number of carbonyl (C=O) groups is 1. The number of halogens is 3. The minimum atomic E-state index is -4.44. The quantitative estimate of drug-likeness (QED) is 0.923. The SMILES string of the molecule is COC1(C(F)(F)F)CCN(CC(=O)Nc2cc(C)cc(C)c2)C1. The molecule has 0 saturated carbocycles. The van der Waals surface area contributed by atoms with E-state index in [-0.39, 0.29) is 32.0 Å². The van der Waals surface area contributed by atoms with Crippen LogP contribution in [0, 0.1) is 13.8 Å². The topological polar surface area (TPSA) is 41.6 Å². The molecule has 2 rings (SSSR count). The van der Waals surface area contributed by atoms with Crippen LogP contribution in [0.25, 0.3) is 0 Å². The number of alkyl halides is 3. The van der Waals surface area contributed by atoms with Crippen molar-refractivity contribution in [3.63, 3.8) is 0 Å². The van der Waals surface area contributed by atoms with Crippen LogP contribution in [-0.4, -0.2) is 49.3 Å². The largest absolute Gasteiger partial charge is 0.418 e. The van der Waals surface area contributed by atoms with Crippen LogP contribution in [-0.2, 0) is 9.53 Å². The fourth-order valence-corrected chi connectivity index (χ4v) is 2.96. The van der Waals surface area contributed by atoms with Gasteiger partial charge in [-0.3, -0.25) is 9.69 Å². The standard InChI is InChI=1S/C16H21F3N2O2/c1-11-6-12(2)8-13(7-11)20-14(22)9-21-5-4-15(10-21,23-3)16(17,18)19/h6-8H,4-5,9-10H2,1-3H3,(H,20,22). The molecule has 1 aromatic rings. The lowest BCUT2D eigenvalue weighted by Crippen LogP contribution is -2.49. The molecule has 1 aliphatic rings. The van der Waals surface area contributed by atoms with Gasteiger partial charge >= 0.3 is 6.18 Å². The maximum absolute atomic E-state index is 13.1.